The van der Waals surface area contributed by atoms with Crippen molar-refractivity contribution in [3.8, 4) is 0 Å². The Bertz CT molecular complexity index is 472. The second-order valence-electron chi connectivity index (χ2n) is 7.52. The lowest BCUT2D eigenvalue weighted by atomic mass is 9.85. The molecule has 1 fully saturated rings. The monoisotopic (exact) mass is 342 g/mol. The third kappa shape index (κ3) is 9.05. The summed E-state index contributed by atoms with van der Waals surface area (Å²) < 4.78 is 0. The van der Waals surface area contributed by atoms with Crippen LogP contribution in [0.4, 0.5) is 0 Å². The summed E-state index contributed by atoms with van der Waals surface area (Å²) >= 11 is 0. The Hall–Kier alpha value is -1.37. The Morgan fingerprint density at radius 3 is 1.92 bits per heavy atom. The lowest BCUT2D eigenvalue weighted by molar-refractivity contribution is -0.125. The number of carbonyl (C=O) groups is 1. The van der Waals surface area contributed by atoms with Crippen molar-refractivity contribution in [3.63, 3.8) is 0 Å². The number of rotatable bonds is 14. The van der Waals surface area contributed by atoms with Crippen LogP contribution in [0.2, 0.25) is 0 Å². The third-order valence-electron chi connectivity index (χ3n) is 5.28. The van der Waals surface area contributed by atoms with Crippen LogP contribution in [0.15, 0.2) is 48.6 Å². The maximum Gasteiger partial charge on any atom is 0.139 e. The summed E-state index contributed by atoms with van der Waals surface area (Å²) in [6, 6.07) is 0. The summed E-state index contributed by atoms with van der Waals surface area (Å²) in [5.74, 6) is 1.06. The van der Waals surface area contributed by atoms with Gasteiger partial charge in [-0.15, -0.1) is 0 Å². The number of Topliss-reactive ketones (excluding diaryl/α,β-unsaturated/α-hetero) is 1. The van der Waals surface area contributed by atoms with Gasteiger partial charge in [0, 0.05) is 11.8 Å². The minimum absolute atomic E-state index is 0.0775. The molecule has 1 nitrogen and oxygen atoms in total. The van der Waals surface area contributed by atoms with Gasteiger partial charge in [-0.1, -0.05) is 68.9 Å². The molecule has 1 aliphatic rings. The van der Waals surface area contributed by atoms with E-state index >= 15 is 0 Å². The molecule has 0 aliphatic heterocycles. The molecule has 0 radical (unpaired) electrons. The molecule has 1 saturated carbocycles. The van der Waals surface area contributed by atoms with Crippen molar-refractivity contribution in [3.05, 3.63) is 48.6 Å². The van der Waals surface area contributed by atoms with Gasteiger partial charge in [0.05, 0.1) is 0 Å². The van der Waals surface area contributed by atoms with Crippen molar-refractivity contribution in [2.75, 3.05) is 0 Å². The van der Waals surface area contributed by atoms with E-state index < -0.39 is 0 Å². The van der Waals surface area contributed by atoms with Crippen LogP contribution in [0.5, 0.6) is 0 Å². The van der Waals surface area contributed by atoms with E-state index in [9.17, 15) is 4.79 Å². The molecular formula is C24H38O. The van der Waals surface area contributed by atoms with Gasteiger partial charge in [-0.05, 0) is 64.2 Å². The second-order valence-corrected chi connectivity index (χ2v) is 7.52. The van der Waals surface area contributed by atoms with Gasteiger partial charge in [-0.3, -0.25) is 4.79 Å². The van der Waals surface area contributed by atoms with Crippen LogP contribution in [-0.4, -0.2) is 5.78 Å². The highest BCUT2D eigenvalue weighted by atomic mass is 16.1. The van der Waals surface area contributed by atoms with Crippen LogP contribution in [0.25, 0.3) is 0 Å². The van der Waals surface area contributed by atoms with Crippen LogP contribution in [-0.2, 0) is 4.79 Å². The first-order valence-corrected chi connectivity index (χ1v) is 10.2. The Kier molecular flexibility index (Phi) is 11.2. The molecule has 0 amide bonds. The van der Waals surface area contributed by atoms with Crippen LogP contribution in [0, 0.1) is 11.3 Å². The van der Waals surface area contributed by atoms with Gasteiger partial charge in [-0.2, -0.15) is 0 Å². The van der Waals surface area contributed by atoms with Gasteiger partial charge in [-0.25, -0.2) is 0 Å². The summed E-state index contributed by atoms with van der Waals surface area (Å²) in [6.07, 6.45) is 28.4. The predicted molar refractivity (Wildman–Crippen MR) is 111 cm³/mol. The maximum absolute atomic E-state index is 12.3. The Balaban J connectivity index is 1.95. The van der Waals surface area contributed by atoms with Gasteiger partial charge in [0.2, 0.25) is 0 Å². The van der Waals surface area contributed by atoms with E-state index in [1.165, 1.54) is 12.8 Å². The van der Waals surface area contributed by atoms with Crippen LogP contribution >= 0.6 is 0 Å². The van der Waals surface area contributed by atoms with Crippen LogP contribution in [0.1, 0.15) is 85.0 Å². The fraction of sp³-hybridized carbons (Fsp3) is 0.625. The topological polar surface area (TPSA) is 17.1 Å². The van der Waals surface area contributed by atoms with Gasteiger partial charge >= 0.3 is 0 Å². The molecule has 0 spiro atoms. The molecule has 0 atom stereocenters. The van der Waals surface area contributed by atoms with Crippen molar-refractivity contribution >= 4 is 5.78 Å². The first kappa shape index (κ1) is 21.7. The zero-order valence-electron chi connectivity index (χ0n) is 16.7. The minimum atomic E-state index is 0.0775. The average Bonchev–Trinajstić information content (AvgIpc) is 3.40. The van der Waals surface area contributed by atoms with E-state index in [4.69, 9.17) is 0 Å². The van der Waals surface area contributed by atoms with E-state index in [-0.39, 0.29) is 5.41 Å². The van der Waals surface area contributed by atoms with Gasteiger partial charge < -0.3 is 0 Å². The lowest BCUT2D eigenvalue weighted by Gasteiger charge is -2.17. The molecule has 0 aromatic heterocycles. The first-order valence-electron chi connectivity index (χ1n) is 10.2. The number of unbranched alkanes of at least 4 members (excludes halogenated alkanes) is 3. The molecule has 0 saturated heterocycles. The number of hydrogen-bond acceptors (Lipinski definition) is 1. The van der Waals surface area contributed by atoms with E-state index in [2.05, 4.69) is 69.4 Å². The molecule has 0 unspecified atom stereocenters. The summed E-state index contributed by atoms with van der Waals surface area (Å²) in [6.45, 7) is 6.45. The molecule has 0 heterocycles. The number of carbonyl (C=O) groups excluding carboxylic acids is 1. The van der Waals surface area contributed by atoms with Crippen molar-refractivity contribution in [1.82, 2.24) is 0 Å². The fourth-order valence-corrected chi connectivity index (χ4v) is 3.26. The zero-order chi connectivity index (χ0) is 18.4. The standard InChI is InChI=1S/C24H38O/c1-4-5-6-7-8-9-10-11-12-13-14-15-16-17-18-19-23(25)24(20-21-24)22(2)3/h4-5,7-8,10-11,13-14,22H,6,9,12,15-21H2,1-3H3. The first-order chi connectivity index (χ1) is 12.1. The highest BCUT2D eigenvalue weighted by molar-refractivity contribution is 5.87. The highest BCUT2D eigenvalue weighted by Crippen LogP contribution is 2.53. The number of hydrogen-bond donors (Lipinski definition) is 0. The molecule has 0 aromatic carbocycles. The largest absolute Gasteiger partial charge is 0.299 e. The molecule has 1 rings (SSSR count). The lowest BCUT2D eigenvalue weighted by Crippen LogP contribution is -2.21. The molecule has 0 aromatic rings. The van der Waals surface area contributed by atoms with Crippen molar-refractivity contribution in [2.24, 2.45) is 11.3 Å². The molecule has 140 valence electrons. The molecule has 1 heteroatoms. The van der Waals surface area contributed by atoms with Crippen LogP contribution < -0.4 is 0 Å². The predicted octanol–water partition coefficient (Wildman–Crippen LogP) is 7.36. The van der Waals surface area contributed by atoms with E-state index in [0.29, 0.717) is 11.7 Å². The molecule has 25 heavy (non-hydrogen) atoms. The van der Waals surface area contributed by atoms with E-state index in [1.54, 1.807) is 0 Å². The van der Waals surface area contributed by atoms with E-state index in [1.807, 2.05) is 0 Å². The zero-order valence-corrected chi connectivity index (χ0v) is 16.7. The van der Waals surface area contributed by atoms with E-state index in [0.717, 1.165) is 51.4 Å². The summed E-state index contributed by atoms with van der Waals surface area (Å²) in [7, 11) is 0. The molecule has 0 bridgehead atoms. The number of ketones is 1. The van der Waals surface area contributed by atoms with Gasteiger partial charge in [0.25, 0.3) is 0 Å². The van der Waals surface area contributed by atoms with Crippen LogP contribution in [0.3, 0.4) is 0 Å². The second kappa shape index (κ2) is 12.9. The summed E-state index contributed by atoms with van der Waals surface area (Å²) in [5.41, 5.74) is 0.0775. The van der Waals surface area contributed by atoms with Crippen molar-refractivity contribution < 1.29 is 4.79 Å². The van der Waals surface area contributed by atoms with Crippen molar-refractivity contribution in [1.29, 1.82) is 0 Å². The van der Waals surface area contributed by atoms with Gasteiger partial charge in [0.15, 0.2) is 0 Å². The average molecular weight is 343 g/mol. The molecule has 0 N–H and O–H groups in total. The Morgan fingerprint density at radius 2 is 1.40 bits per heavy atom. The molecular weight excluding hydrogens is 304 g/mol. The Labute approximate surface area is 156 Å². The van der Waals surface area contributed by atoms with Crippen molar-refractivity contribution in [2.45, 2.75) is 85.0 Å². The quantitative estimate of drug-likeness (QED) is 0.238. The fourth-order valence-electron chi connectivity index (χ4n) is 3.26. The Morgan fingerprint density at radius 1 is 0.840 bits per heavy atom. The third-order valence-corrected chi connectivity index (χ3v) is 5.28. The summed E-state index contributed by atoms with van der Waals surface area (Å²) in [4.78, 5) is 12.3. The normalized spacial score (nSPS) is 17.0. The summed E-state index contributed by atoms with van der Waals surface area (Å²) in [5, 5.41) is 0. The maximum atomic E-state index is 12.3. The SMILES string of the molecule is CC=CCC=CCC=CCC=CCCCCCC(=O)C1(C(C)C)CC1. The molecule has 1 aliphatic carbocycles. The van der Waals surface area contributed by atoms with Gasteiger partial charge in [0.1, 0.15) is 5.78 Å². The smallest absolute Gasteiger partial charge is 0.139 e. The minimum Gasteiger partial charge on any atom is -0.299 e. The highest BCUT2D eigenvalue weighted by Gasteiger charge is 2.50. The number of allylic oxidation sites excluding steroid dienone is 8.